The molecule has 0 unspecified atom stereocenters. The first-order chi connectivity index (χ1) is 8.34. The number of hydrogen-bond donors (Lipinski definition) is 0. The molecule has 2 nitrogen and oxygen atoms in total. The molecule has 1 aliphatic carbocycles. The van der Waals surface area contributed by atoms with Crippen molar-refractivity contribution in [1.82, 2.24) is 9.55 Å². The van der Waals surface area contributed by atoms with Crippen LogP contribution < -0.4 is 0 Å². The molecule has 1 saturated carbocycles. The summed E-state index contributed by atoms with van der Waals surface area (Å²) in [5.41, 5.74) is 3.85. The van der Waals surface area contributed by atoms with E-state index in [2.05, 4.69) is 28.7 Å². The number of hydrogen-bond acceptors (Lipinski definition) is 1. The summed E-state index contributed by atoms with van der Waals surface area (Å²) in [4.78, 5) is 4.43. The first-order valence-corrected chi connectivity index (χ1v) is 6.74. The largest absolute Gasteiger partial charge is 0.346 e. The molecule has 2 aromatic rings. The van der Waals surface area contributed by atoms with Gasteiger partial charge in [-0.1, -0.05) is 32.1 Å². The molecule has 2 heterocycles. The van der Waals surface area contributed by atoms with Gasteiger partial charge in [-0.05, 0) is 30.5 Å². The molecule has 0 amide bonds. The van der Waals surface area contributed by atoms with Crippen molar-refractivity contribution in [2.75, 3.05) is 0 Å². The fourth-order valence-electron chi connectivity index (χ4n) is 3.10. The van der Waals surface area contributed by atoms with Gasteiger partial charge in [-0.15, -0.1) is 0 Å². The maximum atomic E-state index is 4.43. The smallest absolute Gasteiger partial charge is 0.0883 e. The Morgan fingerprint density at radius 3 is 2.88 bits per heavy atom. The molecule has 2 aromatic heterocycles. The highest BCUT2D eigenvalue weighted by atomic mass is 15.0. The second-order valence-electron chi connectivity index (χ2n) is 5.31. The zero-order valence-electron chi connectivity index (χ0n) is 10.5. The van der Waals surface area contributed by atoms with Crippen molar-refractivity contribution in [2.45, 2.75) is 38.5 Å². The van der Waals surface area contributed by atoms with Crippen LogP contribution in [-0.4, -0.2) is 9.55 Å². The number of fused-ring (bicyclic) bond motifs is 1. The van der Waals surface area contributed by atoms with Crippen LogP contribution in [0.3, 0.4) is 0 Å². The summed E-state index contributed by atoms with van der Waals surface area (Å²) in [7, 11) is 2.17. The van der Waals surface area contributed by atoms with E-state index in [1.165, 1.54) is 49.7 Å². The molecule has 0 spiro atoms. The van der Waals surface area contributed by atoms with Crippen LogP contribution in [0.5, 0.6) is 0 Å². The Labute approximate surface area is 103 Å². The van der Waals surface area contributed by atoms with Gasteiger partial charge >= 0.3 is 0 Å². The zero-order chi connectivity index (χ0) is 11.7. The summed E-state index contributed by atoms with van der Waals surface area (Å²) >= 11 is 0. The lowest BCUT2D eigenvalue weighted by atomic mass is 9.86. The molecule has 2 heteroatoms. The van der Waals surface area contributed by atoms with Gasteiger partial charge in [0.05, 0.1) is 11.0 Å². The summed E-state index contributed by atoms with van der Waals surface area (Å²) in [5, 5.41) is 0. The highest BCUT2D eigenvalue weighted by Gasteiger charge is 2.16. The molecule has 3 rings (SSSR count). The highest BCUT2D eigenvalue weighted by Crippen LogP contribution is 2.28. The van der Waals surface area contributed by atoms with E-state index in [0.717, 1.165) is 11.4 Å². The summed E-state index contributed by atoms with van der Waals surface area (Å²) in [5.74, 6) is 0.895. The van der Waals surface area contributed by atoms with Gasteiger partial charge < -0.3 is 4.57 Å². The van der Waals surface area contributed by atoms with Crippen molar-refractivity contribution in [1.29, 1.82) is 0 Å². The van der Waals surface area contributed by atoms with Crippen LogP contribution in [0.2, 0.25) is 0 Å². The Hall–Kier alpha value is -1.31. The van der Waals surface area contributed by atoms with Gasteiger partial charge in [0.25, 0.3) is 0 Å². The molecule has 1 fully saturated rings. The van der Waals surface area contributed by atoms with Gasteiger partial charge in [0, 0.05) is 18.9 Å². The fraction of sp³-hybridized carbons (Fsp3) is 0.533. The van der Waals surface area contributed by atoms with E-state index >= 15 is 0 Å². The molecular weight excluding hydrogens is 208 g/mol. The number of aryl methyl sites for hydroxylation is 1. The molecule has 0 bridgehead atoms. The number of nitrogens with zero attached hydrogens (tertiary/aromatic N) is 2. The standard InChI is InChI=1S/C15H20N2/c1-17-13(10-12-6-3-2-4-7-12)11-14-15(17)8-5-9-16-14/h5,8-9,11-12H,2-4,6-7,10H2,1H3. The Kier molecular flexibility index (Phi) is 2.87. The quantitative estimate of drug-likeness (QED) is 0.766. The second kappa shape index (κ2) is 4.52. The van der Waals surface area contributed by atoms with E-state index in [1.54, 1.807) is 0 Å². The van der Waals surface area contributed by atoms with Crippen LogP contribution >= 0.6 is 0 Å². The van der Waals surface area contributed by atoms with Crippen LogP contribution in [-0.2, 0) is 13.5 Å². The van der Waals surface area contributed by atoms with E-state index in [9.17, 15) is 0 Å². The van der Waals surface area contributed by atoms with E-state index in [-0.39, 0.29) is 0 Å². The molecule has 1 aliphatic rings. The number of pyridine rings is 1. The Morgan fingerprint density at radius 1 is 1.29 bits per heavy atom. The lowest BCUT2D eigenvalue weighted by molar-refractivity contribution is 0.352. The van der Waals surface area contributed by atoms with Gasteiger partial charge in [0.1, 0.15) is 0 Å². The number of rotatable bonds is 2. The summed E-state index contributed by atoms with van der Waals surface area (Å²) in [6.45, 7) is 0. The summed E-state index contributed by atoms with van der Waals surface area (Å²) in [6.07, 6.45) is 10.2. The van der Waals surface area contributed by atoms with Crippen LogP contribution in [0.4, 0.5) is 0 Å². The van der Waals surface area contributed by atoms with Crippen LogP contribution in [0.25, 0.3) is 11.0 Å². The maximum Gasteiger partial charge on any atom is 0.0883 e. The SMILES string of the molecule is Cn1c(CC2CCCCC2)cc2ncccc21. The van der Waals surface area contributed by atoms with Crippen molar-refractivity contribution in [3.05, 3.63) is 30.1 Å². The van der Waals surface area contributed by atoms with E-state index in [0.29, 0.717) is 0 Å². The zero-order valence-corrected chi connectivity index (χ0v) is 10.5. The molecule has 0 aromatic carbocycles. The third-order valence-corrected chi connectivity index (χ3v) is 4.13. The first-order valence-electron chi connectivity index (χ1n) is 6.74. The van der Waals surface area contributed by atoms with Gasteiger partial charge in [0.15, 0.2) is 0 Å². The minimum Gasteiger partial charge on any atom is -0.346 e. The van der Waals surface area contributed by atoms with Crippen LogP contribution in [0, 0.1) is 5.92 Å². The van der Waals surface area contributed by atoms with Crippen LogP contribution in [0.1, 0.15) is 37.8 Å². The predicted octanol–water partition coefficient (Wildman–Crippen LogP) is 3.70. The monoisotopic (exact) mass is 228 g/mol. The van der Waals surface area contributed by atoms with E-state index in [1.807, 2.05) is 12.3 Å². The molecule has 0 saturated heterocycles. The molecule has 0 atom stereocenters. The Bertz CT molecular complexity index is 507. The molecule has 90 valence electrons. The van der Waals surface area contributed by atoms with Gasteiger partial charge in [-0.25, -0.2) is 0 Å². The van der Waals surface area contributed by atoms with Gasteiger partial charge in [-0.3, -0.25) is 4.98 Å². The molecule has 0 radical (unpaired) electrons. The minimum atomic E-state index is 0.895. The lowest BCUT2D eigenvalue weighted by Gasteiger charge is -2.21. The average molecular weight is 228 g/mol. The van der Waals surface area contributed by atoms with Crippen molar-refractivity contribution < 1.29 is 0 Å². The molecular formula is C15H20N2. The fourth-order valence-corrected chi connectivity index (χ4v) is 3.10. The topological polar surface area (TPSA) is 17.8 Å². The van der Waals surface area contributed by atoms with Crippen molar-refractivity contribution in [3.8, 4) is 0 Å². The van der Waals surface area contributed by atoms with Crippen molar-refractivity contribution in [3.63, 3.8) is 0 Å². The van der Waals surface area contributed by atoms with E-state index < -0.39 is 0 Å². The Balaban J connectivity index is 1.87. The Morgan fingerprint density at radius 2 is 2.12 bits per heavy atom. The highest BCUT2D eigenvalue weighted by molar-refractivity contribution is 5.76. The van der Waals surface area contributed by atoms with Crippen molar-refractivity contribution in [2.24, 2.45) is 13.0 Å². The van der Waals surface area contributed by atoms with Gasteiger partial charge in [-0.2, -0.15) is 0 Å². The van der Waals surface area contributed by atoms with Gasteiger partial charge in [0.2, 0.25) is 0 Å². The normalized spacial score (nSPS) is 17.7. The van der Waals surface area contributed by atoms with Crippen LogP contribution in [0.15, 0.2) is 24.4 Å². The number of aromatic nitrogens is 2. The lowest BCUT2D eigenvalue weighted by Crippen LogP contribution is -2.11. The molecule has 17 heavy (non-hydrogen) atoms. The first kappa shape index (κ1) is 10.8. The molecule has 0 aliphatic heterocycles. The summed E-state index contributed by atoms with van der Waals surface area (Å²) < 4.78 is 2.32. The third-order valence-electron chi connectivity index (χ3n) is 4.13. The summed E-state index contributed by atoms with van der Waals surface area (Å²) in [6, 6.07) is 6.45. The van der Waals surface area contributed by atoms with E-state index in [4.69, 9.17) is 0 Å². The molecule has 0 N–H and O–H groups in total. The van der Waals surface area contributed by atoms with Crippen molar-refractivity contribution >= 4 is 11.0 Å². The minimum absolute atomic E-state index is 0.895. The maximum absolute atomic E-state index is 4.43. The predicted molar refractivity (Wildman–Crippen MR) is 71.0 cm³/mol. The second-order valence-corrected chi connectivity index (χ2v) is 5.31. The average Bonchev–Trinajstić information content (AvgIpc) is 2.68. The third kappa shape index (κ3) is 2.08.